The Hall–Kier alpha value is -0.940. The van der Waals surface area contributed by atoms with Crippen LogP contribution in [0.1, 0.15) is 43.3 Å². The standard InChI is InChI=1S/C14H27N5/c1-11-16-17-14(19(11)9-8-18(2)3)13-6-4-12(10-15)5-7-13/h12-13H,4-10,15H2,1-3H3. The van der Waals surface area contributed by atoms with Crippen molar-refractivity contribution in [2.75, 3.05) is 27.2 Å². The molecule has 1 aromatic rings. The number of aryl methyl sites for hydroxylation is 1. The van der Waals surface area contributed by atoms with Crippen LogP contribution < -0.4 is 5.73 Å². The number of aromatic nitrogens is 3. The van der Waals surface area contributed by atoms with Gasteiger partial charge in [-0.2, -0.15) is 0 Å². The first-order chi connectivity index (χ1) is 9.11. The first-order valence-corrected chi connectivity index (χ1v) is 7.36. The molecule has 1 aliphatic rings. The molecular formula is C14H27N5. The summed E-state index contributed by atoms with van der Waals surface area (Å²) in [6.45, 7) is 4.90. The minimum Gasteiger partial charge on any atom is -0.330 e. The zero-order chi connectivity index (χ0) is 13.8. The van der Waals surface area contributed by atoms with Crippen LogP contribution in [0.5, 0.6) is 0 Å². The summed E-state index contributed by atoms with van der Waals surface area (Å²) < 4.78 is 2.30. The van der Waals surface area contributed by atoms with Gasteiger partial charge in [-0.15, -0.1) is 10.2 Å². The summed E-state index contributed by atoms with van der Waals surface area (Å²) in [6.07, 6.45) is 4.89. The molecule has 5 heteroatoms. The number of likely N-dealkylation sites (N-methyl/N-ethyl adjacent to an activating group) is 1. The van der Waals surface area contributed by atoms with E-state index in [1.54, 1.807) is 0 Å². The van der Waals surface area contributed by atoms with Gasteiger partial charge in [0.05, 0.1) is 0 Å². The first kappa shape index (κ1) is 14.5. The molecule has 0 saturated heterocycles. The van der Waals surface area contributed by atoms with E-state index in [-0.39, 0.29) is 0 Å². The molecule has 0 aliphatic heterocycles. The molecular weight excluding hydrogens is 238 g/mol. The molecule has 5 nitrogen and oxygen atoms in total. The van der Waals surface area contributed by atoms with E-state index in [1.165, 1.54) is 31.5 Å². The summed E-state index contributed by atoms with van der Waals surface area (Å²) in [4.78, 5) is 2.20. The summed E-state index contributed by atoms with van der Waals surface area (Å²) in [5.41, 5.74) is 5.76. The molecule has 0 bridgehead atoms. The predicted octanol–water partition coefficient (Wildman–Crippen LogP) is 1.38. The molecule has 0 aromatic carbocycles. The molecule has 1 fully saturated rings. The van der Waals surface area contributed by atoms with Crippen LogP contribution in [0.15, 0.2) is 0 Å². The Morgan fingerprint density at radius 2 is 1.89 bits per heavy atom. The SMILES string of the molecule is Cc1nnc(C2CCC(CN)CC2)n1CCN(C)C. The highest BCUT2D eigenvalue weighted by Crippen LogP contribution is 2.34. The van der Waals surface area contributed by atoms with Gasteiger partial charge in [-0.1, -0.05) is 0 Å². The number of nitrogens with two attached hydrogens (primary N) is 1. The van der Waals surface area contributed by atoms with E-state index in [1.807, 2.05) is 0 Å². The molecule has 1 aliphatic carbocycles. The Bertz CT molecular complexity index is 391. The zero-order valence-corrected chi connectivity index (χ0v) is 12.5. The predicted molar refractivity (Wildman–Crippen MR) is 77.1 cm³/mol. The van der Waals surface area contributed by atoms with Crippen molar-refractivity contribution in [1.29, 1.82) is 0 Å². The maximum absolute atomic E-state index is 5.76. The highest BCUT2D eigenvalue weighted by molar-refractivity contribution is 5.03. The summed E-state index contributed by atoms with van der Waals surface area (Å²) in [6, 6.07) is 0. The third-order valence-electron chi connectivity index (χ3n) is 4.28. The van der Waals surface area contributed by atoms with Gasteiger partial charge in [0, 0.05) is 19.0 Å². The normalized spacial score (nSPS) is 24.1. The van der Waals surface area contributed by atoms with Crippen molar-refractivity contribution in [2.45, 2.75) is 45.1 Å². The largest absolute Gasteiger partial charge is 0.330 e. The fourth-order valence-corrected chi connectivity index (χ4v) is 2.93. The highest BCUT2D eigenvalue weighted by Gasteiger charge is 2.25. The van der Waals surface area contributed by atoms with Gasteiger partial charge in [0.25, 0.3) is 0 Å². The van der Waals surface area contributed by atoms with Crippen LogP contribution in [0.3, 0.4) is 0 Å². The van der Waals surface area contributed by atoms with Gasteiger partial charge in [-0.05, 0) is 59.2 Å². The average Bonchev–Trinajstić information content (AvgIpc) is 2.78. The lowest BCUT2D eigenvalue weighted by Gasteiger charge is -2.27. The molecule has 2 N–H and O–H groups in total. The summed E-state index contributed by atoms with van der Waals surface area (Å²) in [7, 11) is 4.21. The molecule has 1 saturated carbocycles. The van der Waals surface area contributed by atoms with Gasteiger partial charge < -0.3 is 15.2 Å². The van der Waals surface area contributed by atoms with Gasteiger partial charge in [0.1, 0.15) is 11.6 Å². The van der Waals surface area contributed by atoms with Gasteiger partial charge >= 0.3 is 0 Å². The lowest BCUT2D eigenvalue weighted by atomic mass is 9.81. The van der Waals surface area contributed by atoms with E-state index in [2.05, 4.69) is 40.7 Å². The van der Waals surface area contributed by atoms with Crippen LogP contribution in [0, 0.1) is 12.8 Å². The quantitative estimate of drug-likeness (QED) is 0.874. The second-order valence-electron chi connectivity index (χ2n) is 6.01. The van der Waals surface area contributed by atoms with Crippen LogP contribution in [0.2, 0.25) is 0 Å². The lowest BCUT2D eigenvalue weighted by Crippen LogP contribution is -2.24. The monoisotopic (exact) mass is 265 g/mol. The highest BCUT2D eigenvalue weighted by atomic mass is 15.3. The van der Waals surface area contributed by atoms with E-state index >= 15 is 0 Å². The van der Waals surface area contributed by atoms with Gasteiger partial charge in [0.2, 0.25) is 0 Å². The fourth-order valence-electron chi connectivity index (χ4n) is 2.93. The van der Waals surface area contributed by atoms with Gasteiger partial charge in [0.15, 0.2) is 0 Å². The molecule has 0 atom stereocenters. The number of nitrogens with zero attached hydrogens (tertiary/aromatic N) is 4. The van der Waals surface area contributed by atoms with Gasteiger partial charge in [-0.25, -0.2) is 0 Å². The number of hydrogen-bond acceptors (Lipinski definition) is 4. The van der Waals surface area contributed by atoms with Crippen molar-refractivity contribution >= 4 is 0 Å². The van der Waals surface area contributed by atoms with Gasteiger partial charge in [-0.3, -0.25) is 0 Å². The molecule has 0 radical (unpaired) electrons. The molecule has 1 aromatic heterocycles. The van der Waals surface area contributed by atoms with Crippen molar-refractivity contribution < 1.29 is 0 Å². The van der Waals surface area contributed by atoms with Crippen molar-refractivity contribution in [1.82, 2.24) is 19.7 Å². The summed E-state index contributed by atoms with van der Waals surface area (Å²) in [5, 5.41) is 8.71. The Morgan fingerprint density at radius 3 is 2.47 bits per heavy atom. The molecule has 2 rings (SSSR count). The van der Waals surface area contributed by atoms with Crippen LogP contribution in [-0.2, 0) is 6.54 Å². The van der Waals surface area contributed by atoms with E-state index in [4.69, 9.17) is 5.73 Å². The van der Waals surface area contributed by atoms with Crippen LogP contribution in [0.25, 0.3) is 0 Å². The molecule has 0 unspecified atom stereocenters. The molecule has 19 heavy (non-hydrogen) atoms. The molecule has 0 spiro atoms. The third kappa shape index (κ3) is 3.54. The fraction of sp³-hybridized carbons (Fsp3) is 0.857. The Balaban J connectivity index is 2.04. The summed E-state index contributed by atoms with van der Waals surface area (Å²) >= 11 is 0. The minimum absolute atomic E-state index is 0.575. The first-order valence-electron chi connectivity index (χ1n) is 7.36. The maximum atomic E-state index is 5.76. The van der Waals surface area contributed by atoms with Crippen LogP contribution >= 0.6 is 0 Å². The van der Waals surface area contributed by atoms with Crippen molar-refractivity contribution in [3.8, 4) is 0 Å². The maximum Gasteiger partial charge on any atom is 0.136 e. The topological polar surface area (TPSA) is 60.0 Å². The second-order valence-corrected chi connectivity index (χ2v) is 6.01. The Morgan fingerprint density at radius 1 is 1.21 bits per heavy atom. The van der Waals surface area contributed by atoms with Crippen LogP contribution in [0.4, 0.5) is 0 Å². The average molecular weight is 265 g/mol. The molecule has 1 heterocycles. The second kappa shape index (κ2) is 6.48. The van der Waals surface area contributed by atoms with Crippen molar-refractivity contribution in [3.05, 3.63) is 11.6 Å². The summed E-state index contributed by atoms with van der Waals surface area (Å²) in [5.74, 6) is 3.52. The minimum atomic E-state index is 0.575. The smallest absolute Gasteiger partial charge is 0.136 e. The van der Waals surface area contributed by atoms with E-state index < -0.39 is 0 Å². The van der Waals surface area contributed by atoms with Crippen LogP contribution in [-0.4, -0.2) is 46.8 Å². The Kier molecular flexibility index (Phi) is 4.93. The van der Waals surface area contributed by atoms with E-state index in [0.29, 0.717) is 5.92 Å². The van der Waals surface area contributed by atoms with E-state index in [9.17, 15) is 0 Å². The Labute approximate surface area is 116 Å². The van der Waals surface area contributed by atoms with E-state index in [0.717, 1.165) is 31.4 Å². The molecule has 0 amide bonds. The lowest BCUT2D eigenvalue weighted by molar-refractivity contribution is 0.314. The third-order valence-corrected chi connectivity index (χ3v) is 4.28. The number of hydrogen-bond donors (Lipinski definition) is 1. The van der Waals surface area contributed by atoms with Crippen molar-refractivity contribution in [2.24, 2.45) is 11.7 Å². The number of rotatable bonds is 5. The van der Waals surface area contributed by atoms with Crippen molar-refractivity contribution in [3.63, 3.8) is 0 Å². The molecule has 108 valence electrons. The zero-order valence-electron chi connectivity index (χ0n) is 12.5.